The zero-order valence-corrected chi connectivity index (χ0v) is 13.3. The van der Waals surface area contributed by atoms with Crippen molar-refractivity contribution < 1.29 is 22.7 Å². The van der Waals surface area contributed by atoms with Gasteiger partial charge in [-0.25, -0.2) is 4.98 Å². The molecular weight excluding hydrogens is 335 g/mol. The van der Waals surface area contributed by atoms with Crippen molar-refractivity contribution in [3.05, 3.63) is 53.7 Å². The third-order valence-corrected chi connectivity index (χ3v) is 3.32. The molecule has 2 aromatic rings. The normalized spacial score (nSPS) is 11.2. The van der Waals surface area contributed by atoms with Gasteiger partial charge in [0.15, 0.2) is 0 Å². The van der Waals surface area contributed by atoms with Crippen LogP contribution in [-0.2, 0) is 6.18 Å². The summed E-state index contributed by atoms with van der Waals surface area (Å²) >= 11 is 0. The summed E-state index contributed by atoms with van der Waals surface area (Å²) in [6.45, 7) is 1.13. The van der Waals surface area contributed by atoms with E-state index >= 15 is 0 Å². The number of nitrogens with two attached hydrogens (primary N) is 1. The summed E-state index contributed by atoms with van der Waals surface area (Å²) in [4.78, 5) is 15.5. The molecule has 1 aromatic heterocycles. The number of pyridine rings is 1. The second kappa shape index (κ2) is 8.48. The van der Waals surface area contributed by atoms with Crippen LogP contribution < -0.4 is 15.8 Å². The fourth-order valence-corrected chi connectivity index (χ4v) is 1.98. The van der Waals surface area contributed by atoms with Gasteiger partial charge in [-0.1, -0.05) is 0 Å². The van der Waals surface area contributed by atoms with Crippen LogP contribution in [0.2, 0.25) is 0 Å². The van der Waals surface area contributed by atoms with E-state index in [1.54, 1.807) is 24.3 Å². The minimum atomic E-state index is -4.44. The number of unbranched alkanes of at least 4 members (excludes halogenated alkanes) is 1. The molecule has 5 nitrogen and oxygen atoms in total. The Bertz CT molecular complexity index is 686. The molecule has 0 atom stereocenters. The third kappa shape index (κ3) is 5.75. The van der Waals surface area contributed by atoms with Crippen LogP contribution in [-0.4, -0.2) is 24.0 Å². The van der Waals surface area contributed by atoms with E-state index in [0.29, 0.717) is 30.6 Å². The van der Waals surface area contributed by atoms with Crippen molar-refractivity contribution in [3.8, 4) is 11.6 Å². The first-order valence-electron chi connectivity index (χ1n) is 7.69. The van der Waals surface area contributed by atoms with Gasteiger partial charge in [-0.3, -0.25) is 4.79 Å². The van der Waals surface area contributed by atoms with Crippen LogP contribution in [0.1, 0.15) is 28.8 Å². The molecule has 0 saturated carbocycles. The number of rotatable bonds is 7. The van der Waals surface area contributed by atoms with Crippen molar-refractivity contribution in [2.45, 2.75) is 19.0 Å². The van der Waals surface area contributed by atoms with Crippen molar-refractivity contribution in [2.75, 3.05) is 13.1 Å². The van der Waals surface area contributed by atoms with Gasteiger partial charge in [0, 0.05) is 24.4 Å². The number of aromatic nitrogens is 1. The van der Waals surface area contributed by atoms with Crippen molar-refractivity contribution in [1.29, 1.82) is 0 Å². The van der Waals surface area contributed by atoms with E-state index in [4.69, 9.17) is 10.5 Å². The van der Waals surface area contributed by atoms with Gasteiger partial charge in [-0.2, -0.15) is 13.2 Å². The molecule has 134 valence electrons. The van der Waals surface area contributed by atoms with Gasteiger partial charge in [0.2, 0.25) is 5.88 Å². The summed E-state index contributed by atoms with van der Waals surface area (Å²) in [5.41, 5.74) is 4.99. The lowest BCUT2D eigenvalue weighted by molar-refractivity contribution is -0.137. The van der Waals surface area contributed by atoms with Crippen LogP contribution in [0.4, 0.5) is 13.2 Å². The van der Waals surface area contributed by atoms with E-state index in [1.165, 1.54) is 0 Å². The van der Waals surface area contributed by atoms with Crippen LogP contribution in [0.15, 0.2) is 42.6 Å². The van der Waals surface area contributed by atoms with Gasteiger partial charge < -0.3 is 15.8 Å². The van der Waals surface area contributed by atoms with Gasteiger partial charge in [0.1, 0.15) is 5.75 Å². The monoisotopic (exact) mass is 353 g/mol. The van der Waals surface area contributed by atoms with Gasteiger partial charge in [-0.15, -0.1) is 0 Å². The maximum absolute atomic E-state index is 12.5. The first-order valence-corrected chi connectivity index (χ1v) is 7.69. The van der Waals surface area contributed by atoms with E-state index in [9.17, 15) is 18.0 Å². The molecule has 0 spiro atoms. The SMILES string of the molecule is NCCCCNC(=O)c1ccc(Oc2ccc(C(F)(F)F)cn2)cc1. The molecule has 1 heterocycles. The summed E-state index contributed by atoms with van der Waals surface area (Å²) in [7, 11) is 0. The Balaban J connectivity index is 1.92. The predicted molar refractivity (Wildman–Crippen MR) is 86.4 cm³/mol. The molecule has 0 fully saturated rings. The van der Waals surface area contributed by atoms with Gasteiger partial charge in [0.25, 0.3) is 5.91 Å². The van der Waals surface area contributed by atoms with Crippen LogP contribution in [0.25, 0.3) is 0 Å². The molecule has 1 amide bonds. The highest BCUT2D eigenvalue weighted by molar-refractivity contribution is 5.94. The lowest BCUT2D eigenvalue weighted by atomic mass is 10.2. The Morgan fingerprint density at radius 2 is 1.84 bits per heavy atom. The molecule has 0 aliphatic heterocycles. The summed E-state index contributed by atoms with van der Waals surface area (Å²) in [6, 6.07) is 8.27. The van der Waals surface area contributed by atoms with E-state index in [1.807, 2.05) is 0 Å². The molecule has 0 unspecified atom stereocenters. The maximum Gasteiger partial charge on any atom is 0.417 e. The second-order valence-corrected chi connectivity index (χ2v) is 5.26. The zero-order valence-electron chi connectivity index (χ0n) is 13.3. The number of alkyl halides is 3. The molecule has 0 aliphatic rings. The van der Waals surface area contributed by atoms with Crippen LogP contribution in [0, 0.1) is 0 Å². The summed E-state index contributed by atoms with van der Waals surface area (Å²) < 4.78 is 42.8. The van der Waals surface area contributed by atoms with Crippen LogP contribution in [0.5, 0.6) is 11.6 Å². The summed E-state index contributed by atoms with van der Waals surface area (Å²) in [5, 5.41) is 2.77. The molecule has 8 heteroatoms. The van der Waals surface area contributed by atoms with E-state index in [0.717, 1.165) is 25.0 Å². The molecule has 1 aromatic carbocycles. The number of carbonyl (C=O) groups excluding carboxylic acids is 1. The summed E-state index contributed by atoms with van der Waals surface area (Å²) in [5.74, 6) is 0.190. The van der Waals surface area contributed by atoms with Crippen molar-refractivity contribution in [3.63, 3.8) is 0 Å². The van der Waals surface area contributed by atoms with E-state index < -0.39 is 11.7 Å². The lowest BCUT2D eigenvalue weighted by Crippen LogP contribution is -2.24. The standard InChI is InChI=1S/C17H18F3N3O2/c18-17(19,20)13-5-8-15(23-11-13)25-14-6-3-12(4-7-14)16(24)22-10-2-1-9-21/h3-8,11H,1-2,9-10,21H2,(H,22,24). The predicted octanol–water partition coefficient (Wildman–Crippen LogP) is 3.36. The Morgan fingerprint density at radius 1 is 1.12 bits per heavy atom. The highest BCUT2D eigenvalue weighted by Gasteiger charge is 2.30. The third-order valence-electron chi connectivity index (χ3n) is 3.32. The molecule has 3 N–H and O–H groups in total. The number of halogens is 3. The Labute approximate surface area is 143 Å². The Kier molecular flexibility index (Phi) is 6.35. The van der Waals surface area contributed by atoms with E-state index in [2.05, 4.69) is 10.3 Å². The second-order valence-electron chi connectivity index (χ2n) is 5.26. The van der Waals surface area contributed by atoms with Gasteiger partial charge >= 0.3 is 6.18 Å². The topological polar surface area (TPSA) is 77.2 Å². The van der Waals surface area contributed by atoms with Crippen molar-refractivity contribution >= 4 is 5.91 Å². The maximum atomic E-state index is 12.5. The molecular formula is C17H18F3N3O2. The Morgan fingerprint density at radius 3 is 2.40 bits per heavy atom. The first-order chi connectivity index (χ1) is 11.9. The quantitative estimate of drug-likeness (QED) is 0.748. The molecule has 0 aliphatic carbocycles. The zero-order chi connectivity index (χ0) is 18.3. The number of amides is 1. The molecule has 0 bridgehead atoms. The molecule has 2 rings (SSSR count). The number of carbonyl (C=O) groups is 1. The highest BCUT2D eigenvalue weighted by atomic mass is 19.4. The number of hydrogen-bond donors (Lipinski definition) is 2. The largest absolute Gasteiger partial charge is 0.439 e. The first kappa shape index (κ1) is 18.7. The average molecular weight is 353 g/mol. The minimum absolute atomic E-state index is 0.0342. The van der Waals surface area contributed by atoms with Crippen molar-refractivity contribution in [1.82, 2.24) is 10.3 Å². The van der Waals surface area contributed by atoms with Crippen molar-refractivity contribution in [2.24, 2.45) is 5.73 Å². The molecule has 0 radical (unpaired) electrons. The number of nitrogens with one attached hydrogen (secondary N) is 1. The Hall–Kier alpha value is -2.61. The fraction of sp³-hybridized carbons (Fsp3) is 0.294. The van der Waals surface area contributed by atoms with Gasteiger partial charge in [0.05, 0.1) is 5.56 Å². The van der Waals surface area contributed by atoms with Gasteiger partial charge in [-0.05, 0) is 49.7 Å². The fourth-order valence-electron chi connectivity index (χ4n) is 1.98. The highest BCUT2D eigenvalue weighted by Crippen LogP contribution is 2.30. The lowest BCUT2D eigenvalue weighted by Gasteiger charge is -2.09. The summed E-state index contributed by atoms with van der Waals surface area (Å²) in [6.07, 6.45) is -2.08. The van der Waals surface area contributed by atoms with E-state index in [-0.39, 0.29) is 11.8 Å². The number of hydrogen-bond acceptors (Lipinski definition) is 4. The smallest absolute Gasteiger partial charge is 0.417 e. The average Bonchev–Trinajstić information content (AvgIpc) is 2.59. The minimum Gasteiger partial charge on any atom is -0.439 e. The number of benzene rings is 1. The molecule has 0 saturated heterocycles. The van der Waals surface area contributed by atoms with Crippen LogP contribution in [0.3, 0.4) is 0 Å². The van der Waals surface area contributed by atoms with Crippen LogP contribution >= 0.6 is 0 Å². The molecule has 25 heavy (non-hydrogen) atoms. The number of ether oxygens (including phenoxy) is 1. The number of nitrogens with zero attached hydrogens (tertiary/aromatic N) is 1.